The molecule has 2 aliphatic rings. The van der Waals surface area contributed by atoms with Gasteiger partial charge in [0.15, 0.2) is 0 Å². The van der Waals surface area contributed by atoms with E-state index in [1.807, 2.05) is 4.90 Å². The highest BCUT2D eigenvalue weighted by Gasteiger charge is 2.49. The van der Waals surface area contributed by atoms with Crippen molar-refractivity contribution in [2.45, 2.75) is 57.7 Å². The summed E-state index contributed by atoms with van der Waals surface area (Å²) in [6, 6.07) is 2.57. The van der Waals surface area contributed by atoms with Gasteiger partial charge < -0.3 is 15.5 Å². The Hall–Kier alpha value is -2.78. The summed E-state index contributed by atoms with van der Waals surface area (Å²) in [5.74, 6) is -1.23. The quantitative estimate of drug-likeness (QED) is 0.661. The lowest BCUT2D eigenvalue weighted by Crippen LogP contribution is -2.46. The maximum Gasteiger partial charge on any atom is 0.416 e. The molecule has 2 fully saturated rings. The van der Waals surface area contributed by atoms with E-state index in [-0.39, 0.29) is 5.69 Å². The van der Waals surface area contributed by atoms with E-state index in [4.69, 9.17) is 0 Å². The number of benzene rings is 1. The van der Waals surface area contributed by atoms with E-state index in [2.05, 4.69) is 10.6 Å². The average molecular weight is 440 g/mol. The Kier molecular flexibility index (Phi) is 6.47. The van der Waals surface area contributed by atoms with Gasteiger partial charge in [0.05, 0.1) is 16.9 Å². The summed E-state index contributed by atoms with van der Waals surface area (Å²) in [4.78, 5) is 40.4. The molecular formula is C21H27F3N4O3. The number of hydrogen-bond donors (Lipinski definition) is 2. The predicted octanol–water partition coefficient (Wildman–Crippen LogP) is 3.74. The fourth-order valence-electron chi connectivity index (χ4n) is 4.11. The second-order valence-electron chi connectivity index (χ2n) is 7.94. The third-order valence-corrected chi connectivity index (χ3v) is 6.05. The SMILES string of the molecule is CCC1(CC)NC(=O)N(CC(=O)Nc2cc(C(F)(F)F)ccc2N2CCCCC2)C1=O. The van der Waals surface area contributed by atoms with E-state index >= 15 is 0 Å². The summed E-state index contributed by atoms with van der Waals surface area (Å²) in [5, 5.41) is 5.13. The van der Waals surface area contributed by atoms with Crippen molar-refractivity contribution < 1.29 is 27.6 Å². The topological polar surface area (TPSA) is 81.8 Å². The van der Waals surface area contributed by atoms with Crippen LogP contribution in [0.25, 0.3) is 0 Å². The number of anilines is 2. The number of urea groups is 1. The average Bonchev–Trinajstić information content (AvgIpc) is 2.98. The van der Waals surface area contributed by atoms with E-state index in [1.54, 1.807) is 13.8 Å². The van der Waals surface area contributed by atoms with Crippen molar-refractivity contribution in [1.29, 1.82) is 0 Å². The Morgan fingerprint density at radius 3 is 2.32 bits per heavy atom. The standard InChI is InChI=1S/C21H27F3N4O3/c1-3-20(4-2)18(30)28(19(31)26-20)13-17(29)25-15-12-14(21(22,23)24)8-9-16(15)27-10-6-5-7-11-27/h8-9,12H,3-7,10-11,13H2,1-2H3,(H,25,29)(H,26,31). The number of halogens is 3. The van der Waals surface area contributed by atoms with E-state index in [0.717, 1.165) is 36.3 Å². The first-order chi connectivity index (χ1) is 14.6. The number of amides is 4. The Bertz CT molecular complexity index is 862. The first-order valence-corrected chi connectivity index (χ1v) is 10.5. The maximum absolute atomic E-state index is 13.2. The molecule has 2 aliphatic heterocycles. The molecule has 170 valence electrons. The second kappa shape index (κ2) is 8.76. The molecule has 0 bridgehead atoms. The Morgan fingerprint density at radius 1 is 1.13 bits per heavy atom. The van der Waals surface area contributed by atoms with Crippen LogP contribution in [0.5, 0.6) is 0 Å². The number of nitrogens with zero attached hydrogens (tertiary/aromatic N) is 2. The third kappa shape index (κ3) is 4.62. The molecule has 1 aromatic rings. The molecule has 4 amide bonds. The molecule has 2 saturated heterocycles. The smallest absolute Gasteiger partial charge is 0.370 e. The Balaban J connectivity index is 1.82. The van der Waals surface area contributed by atoms with Gasteiger partial charge in [0.25, 0.3) is 5.91 Å². The van der Waals surface area contributed by atoms with Crippen molar-refractivity contribution in [1.82, 2.24) is 10.2 Å². The zero-order chi connectivity index (χ0) is 22.8. The molecule has 0 spiro atoms. The normalized spacial score (nSPS) is 18.9. The van der Waals surface area contributed by atoms with Crippen LogP contribution in [0.2, 0.25) is 0 Å². The number of nitrogens with one attached hydrogen (secondary N) is 2. The Labute approximate surface area is 178 Å². The largest absolute Gasteiger partial charge is 0.416 e. The van der Waals surface area contributed by atoms with Gasteiger partial charge in [-0.05, 0) is 50.3 Å². The highest BCUT2D eigenvalue weighted by Crippen LogP contribution is 2.36. The van der Waals surface area contributed by atoms with Crippen LogP contribution in [0.4, 0.5) is 29.3 Å². The van der Waals surface area contributed by atoms with Gasteiger partial charge in [0.1, 0.15) is 12.1 Å². The van der Waals surface area contributed by atoms with E-state index in [0.29, 0.717) is 31.6 Å². The van der Waals surface area contributed by atoms with Crippen molar-refractivity contribution in [3.8, 4) is 0 Å². The first kappa shape index (κ1) is 22.9. The van der Waals surface area contributed by atoms with Gasteiger partial charge in [-0.2, -0.15) is 13.2 Å². The van der Waals surface area contributed by atoms with Crippen molar-refractivity contribution >= 4 is 29.2 Å². The lowest BCUT2D eigenvalue weighted by molar-refractivity contribution is -0.137. The molecule has 0 unspecified atom stereocenters. The molecule has 0 atom stereocenters. The van der Waals surface area contributed by atoms with Crippen molar-refractivity contribution in [3.05, 3.63) is 23.8 Å². The minimum Gasteiger partial charge on any atom is -0.370 e. The molecule has 7 nitrogen and oxygen atoms in total. The van der Waals surface area contributed by atoms with Crippen molar-refractivity contribution in [2.75, 3.05) is 29.9 Å². The van der Waals surface area contributed by atoms with Gasteiger partial charge in [-0.1, -0.05) is 13.8 Å². The molecule has 2 N–H and O–H groups in total. The van der Waals surface area contributed by atoms with E-state index in [9.17, 15) is 27.6 Å². The number of imide groups is 1. The van der Waals surface area contributed by atoms with Crippen LogP contribution in [0, 0.1) is 0 Å². The molecule has 31 heavy (non-hydrogen) atoms. The second-order valence-corrected chi connectivity index (χ2v) is 7.94. The lowest BCUT2D eigenvalue weighted by atomic mass is 9.93. The zero-order valence-corrected chi connectivity index (χ0v) is 17.6. The number of alkyl halides is 3. The van der Waals surface area contributed by atoms with Crippen molar-refractivity contribution in [2.24, 2.45) is 0 Å². The first-order valence-electron chi connectivity index (χ1n) is 10.5. The highest BCUT2D eigenvalue weighted by molar-refractivity contribution is 6.10. The van der Waals surface area contributed by atoms with Crippen LogP contribution < -0.4 is 15.5 Å². The number of carbonyl (C=O) groups excluding carboxylic acids is 3. The summed E-state index contributed by atoms with van der Waals surface area (Å²) >= 11 is 0. The van der Waals surface area contributed by atoms with Crippen LogP contribution in [-0.4, -0.2) is 47.9 Å². The van der Waals surface area contributed by atoms with Crippen LogP contribution in [0.1, 0.15) is 51.5 Å². The summed E-state index contributed by atoms with van der Waals surface area (Å²) in [5.41, 5.74) is -1.41. The highest BCUT2D eigenvalue weighted by atomic mass is 19.4. The molecule has 0 radical (unpaired) electrons. The van der Waals surface area contributed by atoms with Gasteiger partial charge >= 0.3 is 12.2 Å². The molecular weight excluding hydrogens is 413 g/mol. The molecule has 1 aromatic carbocycles. The summed E-state index contributed by atoms with van der Waals surface area (Å²) in [7, 11) is 0. The van der Waals surface area contributed by atoms with E-state index in [1.165, 1.54) is 6.07 Å². The number of piperidine rings is 1. The number of hydrogen-bond acceptors (Lipinski definition) is 4. The van der Waals surface area contributed by atoms with Crippen LogP contribution >= 0.6 is 0 Å². The fraction of sp³-hybridized carbons (Fsp3) is 0.571. The Morgan fingerprint density at radius 2 is 1.77 bits per heavy atom. The minimum atomic E-state index is -4.56. The van der Waals surface area contributed by atoms with Gasteiger partial charge in [-0.25, -0.2) is 4.79 Å². The minimum absolute atomic E-state index is 0.0195. The van der Waals surface area contributed by atoms with Gasteiger partial charge in [-0.3, -0.25) is 14.5 Å². The molecule has 10 heteroatoms. The zero-order valence-electron chi connectivity index (χ0n) is 17.6. The van der Waals surface area contributed by atoms with E-state index < -0.39 is 41.7 Å². The predicted molar refractivity (Wildman–Crippen MR) is 110 cm³/mol. The van der Waals surface area contributed by atoms with Gasteiger partial charge in [-0.15, -0.1) is 0 Å². The summed E-state index contributed by atoms with van der Waals surface area (Å²) in [6.07, 6.45) is -0.952. The third-order valence-electron chi connectivity index (χ3n) is 6.05. The fourth-order valence-corrected chi connectivity index (χ4v) is 4.11. The number of rotatable bonds is 6. The molecule has 0 aliphatic carbocycles. The van der Waals surface area contributed by atoms with Gasteiger partial charge in [0.2, 0.25) is 5.91 Å². The maximum atomic E-state index is 13.2. The van der Waals surface area contributed by atoms with Crippen LogP contribution in [0.15, 0.2) is 18.2 Å². The molecule has 0 saturated carbocycles. The molecule has 2 heterocycles. The molecule has 0 aromatic heterocycles. The monoisotopic (exact) mass is 440 g/mol. The lowest BCUT2D eigenvalue weighted by Gasteiger charge is -2.31. The van der Waals surface area contributed by atoms with Crippen LogP contribution in [-0.2, 0) is 15.8 Å². The summed E-state index contributed by atoms with van der Waals surface area (Å²) < 4.78 is 39.7. The van der Waals surface area contributed by atoms with Gasteiger partial charge in [0, 0.05) is 13.1 Å². The summed E-state index contributed by atoms with van der Waals surface area (Å²) in [6.45, 7) is 4.31. The molecule has 3 rings (SSSR count). The van der Waals surface area contributed by atoms with Crippen LogP contribution in [0.3, 0.4) is 0 Å². The van der Waals surface area contributed by atoms with Crippen molar-refractivity contribution in [3.63, 3.8) is 0 Å². The number of carbonyl (C=O) groups is 3.